The lowest BCUT2D eigenvalue weighted by Crippen LogP contribution is -2.33. The summed E-state index contributed by atoms with van der Waals surface area (Å²) in [5, 5.41) is 3.10. The Kier molecular flexibility index (Phi) is 5.84. The maximum atomic E-state index is 12.7. The molecule has 0 saturated heterocycles. The first-order chi connectivity index (χ1) is 12.2. The molecule has 1 fully saturated rings. The Morgan fingerprint density at radius 2 is 2.19 bits per heavy atom. The van der Waals surface area contributed by atoms with E-state index in [0.717, 1.165) is 12.7 Å². The number of ether oxygens (including phenoxy) is 1. The van der Waals surface area contributed by atoms with Crippen LogP contribution in [-0.2, 0) is 11.5 Å². The molecule has 1 saturated carbocycles. The SMILES string of the molecule is CC(NC(=O)c1cn(COCC[Si](C)(C)C)c2ncc(Br)nc12)C1CC1. The maximum Gasteiger partial charge on any atom is 0.255 e. The van der Waals surface area contributed by atoms with Gasteiger partial charge in [0.15, 0.2) is 5.65 Å². The third kappa shape index (κ3) is 4.92. The molecule has 0 aromatic carbocycles. The van der Waals surface area contributed by atoms with Crippen molar-refractivity contribution >= 4 is 41.1 Å². The summed E-state index contributed by atoms with van der Waals surface area (Å²) in [5.41, 5.74) is 1.83. The minimum Gasteiger partial charge on any atom is -0.361 e. The predicted molar refractivity (Wildman–Crippen MR) is 109 cm³/mol. The lowest BCUT2D eigenvalue weighted by molar-refractivity contribution is 0.0889. The van der Waals surface area contributed by atoms with Gasteiger partial charge >= 0.3 is 0 Å². The average Bonchev–Trinajstić information content (AvgIpc) is 3.33. The smallest absolute Gasteiger partial charge is 0.255 e. The van der Waals surface area contributed by atoms with Gasteiger partial charge in [0.1, 0.15) is 16.9 Å². The third-order valence-electron chi connectivity index (χ3n) is 4.70. The largest absolute Gasteiger partial charge is 0.361 e. The number of rotatable bonds is 8. The highest BCUT2D eigenvalue weighted by molar-refractivity contribution is 9.10. The number of halogens is 1. The summed E-state index contributed by atoms with van der Waals surface area (Å²) in [6.45, 7) is 10.1. The molecule has 3 rings (SSSR count). The molecule has 142 valence electrons. The second-order valence-corrected chi connectivity index (χ2v) is 14.8. The highest BCUT2D eigenvalue weighted by Gasteiger charge is 2.30. The van der Waals surface area contributed by atoms with Crippen LogP contribution in [0.4, 0.5) is 0 Å². The van der Waals surface area contributed by atoms with E-state index in [1.165, 1.54) is 12.8 Å². The molecule has 6 nitrogen and oxygen atoms in total. The number of hydrogen-bond donors (Lipinski definition) is 1. The molecule has 2 heterocycles. The second kappa shape index (κ2) is 7.78. The summed E-state index contributed by atoms with van der Waals surface area (Å²) >= 11 is 3.35. The molecule has 2 aromatic rings. The molecule has 0 spiro atoms. The molecule has 8 heteroatoms. The minimum absolute atomic E-state index is 0.0948. The summed E-state index contributed by atoms with van der Waals surface area (Å²) in [6, 6.07) is 1.30. The molecular weight excluding hydrogens is 412 g/mol. The van der Waals surface area contributed by atoms with Crippen LogP contribution in [0, 0.1) is 5.92 Å². The Bertz CT molecular complexity index is 798. The van der Waals surface area contributed by atoms with Crippen molar-refractivity contribution in [3.63, 3.8) is 0 Å². The molecule has 0 radical (unpaired) electrons. The standard InChI is InChI=1S/C18H27BrN4O2Si/c1-12(13-5-6-13)21-18(24)14-10-23(11-25-7-8-26(2,3)4)17-16(14)22-15(19)9-20-17/h9-10,12-13H,5-8,11H2,1-4H3,(H,21,24). The summed E-state index contributed by atoms with van der Waals surface area (Å²) in [5.74, 6) is 0.512. The Labute approximate surface area is 163 Å². The summed E-state index contributed by atoms with van der Waals surface area (Å²) < 4.78 is 8.33. The summed E-state index contributed by atoms with van der Waals surface area (Å²) in [4.78, 5) is 21.7. The van der Waals surface area contributed by atoms with Crippen molar-refractivity contribution in [3.05, 3.63) is 22.6 Å². The van der Waals surface area contributed by atoms with Crippen LogP contribution in [0.5, 0.6) is 0 Å². The van der Waals surface area contributed by atoms with Gasteiger partial charge in [-0.3, -0.25) is 4.79 Å². The van der Waals surface area contributed by atoms with E-state index in [0.29, 0.717) is 34.0 Å². The van der Waals surface area contributed by atoms with E-state index in [-0.39, 0.29) is 11.9 Å². The molecule has 1 unspecified atom stereocenters. The van der Waals surface area contributed by atoms with Crippen LogP contribution in [0.1, 0.15) is 30.1 Å². The van der Waals surface area contributed by atoms with Gasteiger partial charge in [0.05, 0.1) is 11.8 Å². The molecular formula is C18H27BrN4O2Si. The van der Waals surface area contributed by atoms with Crippen LogP contribution in [0.25, 0.3) is 11.2 Å². The first-order valence-corrected chi connectivity index (χ1v) is 13.6. The van der Waals surface area contributed by atoms with E-state index in [1.54, 1.807) is 12.4 Å². The van der Waals surface area contributed by atoms with Gasteiger partial charge in [0.25, 0.3) is 5.91 Å². The molecule has 0 aliphatic heterocycles. The molecule has 1 N–H and O–H groups in total. The van der Waals surface area contributed by atoms with E-state index in [2.05, 4.69) is 57.8 Å². The van der Waals surface area contributed by atoms with Crippen molar-refractivity contribution in [1.82, 2.24) is 19.9 Å². The summed E-state index contributed by atoms with van der Waals surface area (Å²) in [6.07, 6.45) is 5.84. The van der Waals surface area contributed by atoms with Crippen molar-refractivity contribution in [2.45, 2.75) is 58.2 Å². The zero-order valence-electron chi connectivity index (χ0n) is 15.9. The Balaban J connectivity index is 1.77. The zero-order valence-corrected chi connectivity index (χ0v) is 18.5. The fourth-order valence-corrected chi connectivity index (χ4v) is 3.87. The van der Waals surface area contributed by atoms with Crippen LogP contribution >= 0.6 is 15.9 Å². The number of fused-ring (bicyclic) bond motifs is 1. The molecule has 1 aliphatic rings. The van der Waals surface area contributed by atoms with Crippen molar-refractivity contribution in [2.24, 2.45) is 5.92 Å². The lowest BCUT2D eigenvalue weighted by atomic mass is 10.2. The van der Waals surface area contributed by atoms with E-state index in [1.807, 2.05) is 4.57 Å². The van der Waals surface area contributed by atoms with Gasteiger partial charge in [-0.2, -0.15) is 0 Å². The van der Waals surface area contributed by atoms with Crippen molar-refractivity contribution in [3.8, 4) is 0 Å². The number of amides is 1. The Morgan fingerprint density at radius 1 is 1.46 bits per heavy atom. The highest BCUT2D eigenvalue weighted by atomic mass is 79.9. The average molecular weight is 439 g/mol. The van der Waals surface area contributed by atoms with Crippen molar-refractivity contribution in [2.75, 3.05) is 6.61 Å². The lowest BCUT2D eigenvalue weighted by Gasteiger charge is -2.15. The molecule has 1 aliphatic carbocycles. The van der Waals surface area contributed by atoms with E-state index < -0.39 is 8.07 Å². The van der Waals surface area contributed by atoms with E-state index in [9.17, 15) is 4.79 Å². The molecule has 2 aromatic heterocycles. The van der Waals surface area contributed by atoms with Crippen LogP contribution in [-0.4, -0.2) is 41.2 Å². The minimum atomic E-state index is -1.13. The van der Waals surface area contributed by atoms with Gasteiger partial charge in [0.2, 0.25) is 0 Å². The zero-order chi connectivity index (χ0) is 18.9. The topological polar surface area (TPSA) is 69.0 Å². The number of nitrogens with one attached hydrogen (secondary N) is 1. The Hall–Kier alpha value is -1.25. The predicted octanol–water partition coefficient (Wildman–Crippen LogP) is 4.03. The van der Waals surface area contributed by atoms with Gasteiger partial charge in [-0.25, -0.2) is 9.97 Å². The number of hydrogen-bond acceptors (Lipinski definition) is 4. The number of aromatic nitrogens is 3. The van der Waals surface area contributed by atoms with Crippen LogP contribution in [0.3, 0.4) is 0 Å². The molecule has 26 heavy (non-hydrogen) atoms. The number of carbonyl (C=O) groups is 1. The monoisotopic (exact) mass is 438 g/mol. The first kappa shape index (κ1) is 19.5. The fraction of sp³-hybridized carbons (Fsp3) is 0.611. The quantitative estimate of drug-likeness (QED) is 0.498. The fourth-order valence-electron chi connectivity index (χ4n) is 2.83. The number of nitrogens with zero attached hydrogens (tertiary/aromatic N) is 3. The van der Waals surface area contributed by atoms with Crippen LogP contribution in [0.15, 0.2) is 17.0 Å². The van der Waals surface area contributed by atoms with Gasteiger partial charge in [0, 0.05) is 26.9 Å². The second-order valence-electron chi connectivity index (χ2n) is 8.33. The van der Waals surface area contributed by atoms with Crippen molar-refractivity contribution < 1.29 is 9.53 Å². The van der Waals surface area contributed by atoms with Gasteiger partial charge in [-0.15, -0.1) is 0 Å². The van der Waals surface area contributed by atoms with Gasteiger partial charge < -0.3 is 14.6 Å². The van der Waals surface area contributed by atoms with E-state index in [4.69, 9.17) is 4.74 Å². The van der Waals surface area contributed by atoms with Crippen LogP contribution < -0.4 is 5.32 Å². The maximum absolute atomic E-state index is 12.7. The molecule has 1 amide bonds. The van der Waals surface area contributed by atoms with Gasteiger partial charge in [-0.05, 0) is 47.7 Å². The van der Waals surface area contributed by atoms with Crippen LogP contribution in [0.2, 0.25) is 25.7 Å². The highest BCUT2D eigenvalue weighted by Crippen LogP contribution is 2.32. The van der Waals surface area contributed by atoms with Gasteiger partial charge in [-0.1, -0.05) is 19.6 Å². The molecule has 0 bridgehead atoms. The summed E-state index contributed by atoms with van der Waals surface area (Å²) in [7, 11) is -1.13. The third-order valence-corrected chi connectivity index (χ3v) is 6.78. The van der Waals surface area contributed by atoms with E-state index >= 15 is 0 Å². The molecule has 1 atom stereocenters. The van der Waals surface area contributed by atoms with Crippen molar-refractivity contribution in [1.29, 1.82) is 0 Å². The normalized spacial score (nSPS) is 16.0. The Morgan fingerprint density at radius 3 is 2.85 bits per heavy atom. The number of carbonyl (C=O) groups excluding carboxylic acids is 1. The first-order valence-electron chi connectivity index (χ1n) is 9.14.